The van der Waals surface area contributed by atoms with Crippen LogP contribution in [0, 0.1) is 15.5 Å². The molecule has 1 amide bonds. The third-order valence-electron chi connectivity index (χ3n) is 8.40. The van der Waals surface area contributed by atoms with E-state index in [0.29, 0.717) is 58.1 Å². The lowest BCUT2D eigenvalue weighted by molar-refractivity contribution is -0.385. The largest absolute Gasteiger partial charge is 0.493 e. The van der Waals surface area contributed by atoms with Crippen molar-refractivity contribution in [2.24, 2.45) is 10.4 Å². The molecule has 0 bridgehead atoms. The molecule has 3 aromatic carbocycles. The Morgan fingerprint density at radius 2 is 1.60 bits per heavy atom. The molecule has 0 radical (unpaired) electrons. The maximum atomic E-state index is 12.7. The summed E-state index contributed by atoms with van der Waals surface area (Å²) in [6.45, 7) is 11.4. The van der Waals surface area contributed by atoms with Gasteiger partial charge in [0, 0.05) is 31.0 Å². The molecule has 270 valence electrons. The summed E-state index contributed by atoms with van der Waals surface area (Å²) in [5, 5.41) is 11.6. The van der Waals surface area contributed by atoms with Crippen LogP contribution in [0.3, 0.4) is 0 Å². The second-order valence-corrected chi connectivity index (χ2v) is 12.8. The Balaban J connectivity index is 0.000000235. The fraction of sp³-hybridized carbons (Fsp3) is 0.459. The van der Waals surface area contributed by atoms with Crippen molar-refractivity contribution in [3.05, 3.63) is 58.1 Å². The smallest absolute Gasteiger partial charge is 0.315 e. The highest BCUT2D eigenvalue weighted by atomic mass is 16.6. The molecule has 13 nitrogen and oxygen atoms in total. The van der Waals surface area contributed by atoms with Crippen molar-refractivity contribution >= 4 is 23.5 Å². The van der Waals surface area contributed by atoms with Gasteiger partial charge >= 0.3 is 5.69 Å². The van der Waals surface area contributed by atoms with Crippen LogP contribution in [-0.2, 0) is 0 Å². The highest BCUT2D eigenvalue weighted by molar-refractivity contribution is 6.03. The van der Waals surface area contributed by atoms with Crippen LogP contribution >= 0.6 is 0 Å². The molecule has 5 rings (SSSR count). The summed E-state index contributed by atoms with van der Waals surface area (Å²) in [6, 6.07) is 11.3. The molecular weight excluding hydrogens is 646 g/mol. The fourth-order valence-electron chi connectivity index (χ4n) is 5.29. The molecule has 2 aliphatic heterocycles. The van der Waals surface area contributed by atoms with E-state index in [2.05, 4.69) is 25.8 Å². The van der Waals surface area contributed by atoms with Gasteiger partial charge in [0.25, 0.3) is 5.91 Å². The molecule has 2 heterocycles. The van der Waals surface area contributed by atoms with E-state index >= 15 is 0 Å². The Bertz CT molecular complexity index is 1680. The predicted octanol–water partition coefficient (Wildman–Crippen LogP) is 8.03. The van der Waals surface area contributed by atoms with Crippen LogP contribution in [0.4, 0.5) is 11.4 Å². The molecule has 2 aliphatic rings. The normalized spacial score (nSPS) is 14.9. The summed E-state index contributed by atoms with van der Waals surface area (Å²) in [4.78, 5) is 30.1. The number of carbonyl (C=O) groups excluding carboxylic acids is 1. The Labute approximate surface area is 293 Å². The third kappa shape index (κ3) is 8.87. The zero-order valence-electron chi connectivity index (χ0n) is 30.2. The number of hydrogen-bond donors (Lipinski definition) is 0. The number of hydrogen-bond acceptors (Lipinski definition) is 11. The first-order chi connectivity index (χ1) is 23.8. The molecule has 3 aromatic rings. The molecule has 0 saturated carbocycles. The number of fused-ring (bicyclic) bond motifs is 2. The van der Waals surface area contributed by atoms with E-state index in [4.69, 9.17) is 33.2 Å². The first kappa shape index (κ1) is 37.6. The van der Waals surface area contributed by atoms with E-state index in [1.807, 2.05) is 25.0 Å². The second-order valence-electron chi connectivity index (χ2n) is 12.8. The van der Waals surface area contributed by atoms with Crippen molar-refractivity contribution in [2.75, 3.05) is 41.6 Å². The molecule has 1 atom stereocenters. The van der Waals surface area contributed by atoms with Gasteiger partial charge in [-0.25, -0.2) is 0 Å². The zero-order chi connectivity index (χ0) is 36.6. The summed E-state index contributed by atoms with van der Waals surface area (Å²) in [5.41, 5.74) is 1.01. The van der Waals surface area contributed by atoms with Gasteiger partial charge in [-0.1, -0.05) is 20.8 Å². The summed E-state index contributed by atoms with van der Waals surface area (Å²) in [5.74, 6) is 3.18. The minimum absolute atomic E-state index is 0.0272. The fourth-order valence-corrected chi connectivity index (χ4v) is 5.29. The standard InChI is InChI=1S/C21H27NO7.C16H20N2O3/c1-7-21(2,3)13-28-14-8-9-17(16(10-14)22(23)24)29-15-11-18(25-4)20(27-6)19(12-15)26-5;1-10(2)21-15-8-13-12(7-14(15)20-3)16(19)18-6-4-5-11(18)9-17-13/h8-12H,7,13H2,1-6H3;7-11H,4-6H2,1-3H3. The van der Waals surface area contributed by atoms with Crippen molar-refractivity contribution in [3.8, 4) is 46.0 Å². The highest BCUT2D eigenvalue weighted by Crippen LogP contribution is 2.44. The average Bonchev–Trinajstić information content (AvgIpc) is 3.53. The first-order valence-corrected chi connectivity index (χ1v) is 16.5. The van der Waals surface area contributed by atoms with Crippen LogP contribution in [0.25, 0.3) is 0 Å². The van der Waals surface area contributed by atoms with Gasteiger partial charge in [-0.3, -0.25) is 19.9 Å². The Kier molecular flexibility index (Phi) is 12.4. The van der Waals surface area contributed by atoms with Gasteiger partial charge in [0.15, 0.2) is 23.0 Å². The van der Waals surface area contributed by atoms with E-state index in [0.717, 1.165) is 25.8 Å². The van der Waals surface area contributed by atoms with E-state index in [-0.39, 0.29) is 34.9 Å². The van der Waals surface area contributed by atoms with Crippen LogP contribution < -0.4 is 33.2 Å². The number of nitrogens with zero attached hydrogens (tertiary/aromatic N) is 3. The van der Waals surface area contributed by atoms with Crippen molar-refractivity contribution in [1.29, 1.82) is 0 Å². The van der Waals surface area contributed by atoms with Gasteiger partial charge < -0.3 is 38.1 Å². The maximum absolute atomic E-state index is 12.7. The van der Waals surface area contributed by atoms with Gasteiger partial charge in [0.1, 0.15) is 11.5 Å². The number of rotatable bonds is 13. The molecule has 0 aliphatic carbocycles. The Hall–Kier alpha value is -5.20. The summed E-state index contributed by atoms with van der Waals surface area (Å²) >= 11 is 0. The molecule has 50 heavy (non-hydrogen) atoms. The van der Waals surface area contributed by atoms with Gasteiger partial charge in [0.2, 0.25) is 11.5 Å². The lowest BCUT2D eigenvalue weighted by Crippen LogP contribution is -2.35. The summed E-state index contributed by atoms with van der Waals surface area (Å²) in [7, 11) is 6.03. The van der Waals surface area contributed by atoms with Crippen molar-refractivity contribution in [2.45, 2.75) is 66.0 Å². The molecule has 1 fully saturated rings. The number of ether oxygens (including phenoxy) is 7. The van der Waals surface area contributed by atoms with E-state index in [1.165, 1.54) is 33.5 Å². The molecule has 1 saturated heterocycles. The topological polar surface area (TPSA) is 140 Å². The molecule has 0 spiro atoms. The number of carbonyl (C=O) groups is 1. The molecule has 0 N–H and O–H groups in total. The molecular formula is C37H47N3O10. The Morgan fingerprint density at radius 1 is 0.920 bits per heavy atom. The van der Waals surface area contributed by atoms with Crippen LogP contribution in [0.2, 0.25) is 0 Å². The first-order valence-electron chi connectivity index (χ1n) is 16.5. The quantitative estimate of drug-likeness (QED) is 0.128. The molecule has 1 unspecified atom stereocenters. The van der Waals surface area contributed by atoms with Gasteiger partial charge in [-0.15, -0.1) is 0 Å². The number of benzene rings is 3. The number of aliphatic imine (C=N–C) groups is 1. The predicted molar refractivity (Wildman–Crippen MR) is 190 cm³/mol. The van der Waals surface area contributed by atoms with E-state index in [9.17, 15) is 14.9 Å². The summed E-state index contributed by atoms with van der Waals surface area (Å²) in [6.07, 6.45) is 4.85. The van der Waals surface area contributed by atoms with E-state index in [1.54, 1.807) is 37.4 Å². The van der Waals surface area contributed by atoms with Crippen molar-refractivity contribution < 1.29 is 42.9 Å². The average molecular weight is 694 g/mol. The SMILES string of the molecule is CCC(C)(C)COc1ccc(Oc2cc(OC)c(OC)c(OC)c2)c([N+](=O)[O-])c1.COc1cc2c(cc1OC(C)C)N=CC1CCCN1C2=O. The number of methoxy groups -OCH3 is 4. The van der Waals surface area contributed by atoms with Crippen LogP contribution in [0.5, 0.6) is 46.0 Å². The van der Waals surface area contributed by atoms with Crippen molar-refractivity contribution in [3.63, 3.8) is 0 Å². The monoisotopic (exact) mass is 693 g/mol. The molecule has 13 heteroatoms. The lowest BCUT2D eigenvalue weighted by Gasteiger charge is -2.22. The summed E-state index contributed by atoms with van der Waals surface area (Å²) < 4.78 is 38.5. The van der Waals surface area contributed by atoms with Gasteiger partial charge in [-0.2, -0.15) is 0 Å². The Morgan fingerprint density at radius 3 is 2.18 bits per heavy atom. The van der Waals surface area contributed by atoms with Gasteiger partial charge in [-0.05, 0) is 56.7 Å². The van der Waals surface area contributed by atoms with Crippen molar-refractivity contribution in [1.82, 2.24) is 4.90 Å². The molecule has 0 aromatic heterocycles. The zero-order valence-corrected chi connectivity index (χ0v) is 30.2. The minimum Gasteiger partial charge on any atom is -0.493 e. The van der Waals surface area contributed by atoms with Crippen LogP contribution in [0.15, 0.2) is 47.5 Å². The van der Waals surface area contributed by atoms with Crippen LogP contribution in [0.1, 0.15) is 64.2 Å². The number of amides is 1. The second kappa shape index (κ2) is 16.5. The highest BCUT2D eigenvalue weighted by Gasteiger charge is 2.32. The number of nitro groups is 1. The third-order valence-corrected chi connectivity index (χ3v) is 8.40. The maximum Gasteiger partial charge on any atom is 0.315 e. The lowest BCUT2D eigenvalue weighted by atomic mass is 9.92. The minimum atomic E-state index is -0.509. The van der Waals surface area contributed by atoms with Gasteiger partial charge in [0.05, 0.1) is 69.4 Å². The van der Waals surface area contributed by atoms with E-state index < -0.39 is 4.92 Å². The van der Waals surface area contributed by atoms with Crippen LogP contribution in [-0.4, -0.2) is 75.7 Å². The number of nitro benzene ring substituents is 1.